The summed E-state index contributed by atoms with van der Waals surface area (Å²) in [7, 11) is 0. The molecule has 0 fully saturated rings. The van der Waals surface area contributed by atoms with E-state index in [0.717, 1.165) is 23.8 Å². The summed E-state index contributed by atoms with van der Waals surface area (Å²) < 4.78 is 6.92. The van der Waals surface area contributed by atoms with Crippen molar-refractivity contribution in [3.63, 3.8) is 0 Å². The minimum absolute atomic E-state index is 0.0290. The highest BCUT2D eigenvalue weighted by Gasteiger charge is 2.14. The van der Waals surface area contributed by atoms with E-state index >= 15 is 0 Å². The van der Waals surface area contributed by atoms with Crippen LogP contribution in [0.3, 0.4) is 0 Å². The number of nitrogens with one attached hydrogen (secondary N) is 3. The Kier molecular flexibility index (Phi) is 6.32. The Bertz CT molecular complexity index is 804. The molecular formula is C18H26N6O2. The quantitative estimate of drug-likeness (QED) is 0.495. The van der Waals surface area contributed by atoms with Crippen LogP contribution in [0.4, 0.5) is 5.95 Å². The van der Waals surface area contributed by atoms with E-state index in [1.54, 1.807) is 13.1 Å². The smallest absolute Gasteiger partial charge is 0.325 e. The molecule has 2 rings (SSSR count). The number of carbonyl (C=O) groups excluding carboxylic acids is 1. The molecule has 2 aromatic rings. The van der Waals surface area contributed by atoms with Gasteiger partial charge in [-0.25, -0.2) is 4.98 Å². The predicted molar refractivity (Wildman–Crippen MR) is 102 cm³/mol. The molecule has 26 heavy (non-hydrogen) atoms. The van der Waals surface area contributed by atoms with Crippen LogP contribution in [0.15, 0.2) is 30.4 Å². The SMILES string of the molecule is CCOC(=O)CN/C=C(\C=N)Nc1ncc2ccn(CC(C)(C)C)c2n1. The highest BCUT2D eigenvalue weighted by Crippen LogP contribution is 2.21. The van der Waals surface area contributed by atoms with E-state index in [1.165, 1.54) is 6.20 Å². The van der Waals surface area contributed by atoms with Crippen LogP contribution in [0, 0.1) is 10.8 Å². The summed E-state index contributed by atoms with van der Waals surface area (Å²) in [6, 6.07) is 1.99. The first kappa shape index (κ1) is 19.4. The zero-order chi connectivity index (χ0) is 19.2. The van der Waals surface area contributed by atoms with Crippen molar-refractivity contribution in [1.29, 1.82) is 5.41 Å². The van der Waals surface area contributed by atoms with E-state index in [9.17, 15) is 4.79 Å². The summed E-state index contributed by atoms with van der Waals surface area (Å²) >= 11 is 0. The molecule has 0 radical (unpaired) electrons. The third-order valence-corrected chi connectivity index (χ3v) is 3.37. The lowest BCUT2D eigenvalue weighted by Gasteiger charge is -2.19. The fourth-order valence-electron chi connectivity index (χ4n) is 2.37. The number of esters is 1. The highest BCUT2D eigenvalue weighted by molar-refractivity contribution is 5.81. The second kappa shape index (κ2) is 8.46. The number of ether oxygens (including phenoxy) is 1. The van der Waals surface area contributed by atoms with E-state index < -0.39 is 0 Å². The fraction of sp³-hybridized carbons (Fsp3) is 0.444. The summed E-state index contributed by atoms with van der Waals surface area (Å²) in [5.41, 5.74) is 1.39. The van der Waals surface area contributed by atoms with Gasteiger partial charge in [0.2, 0.25) is 5.95 Å². The lowest BCUT2D eigenvalue weighted by molar-refractivity contribution is -0.141. The number of anilines is 1. The van der Waals surface area contributed by atoms with Gasteiger partial charge in [-0.1, -0.05) is 20.8 Å². The topological polar surface area (TPSA) is 105 Å². The van der Waals surface area contributed by atoms with Crippen LogP contribution in [-0.4, -0.2) is 39.9 Å². The fourth-order valence-corrected chi connectivity index (χ4v) is 2.37. The Morgan fingerprint density at radius 2 is 2.19 bits per heavy atom. The number of fused-ring (bicyclic) bond motifs is 1. The number of aromatic nitrogens is 3. The molecule has 8 heteroatoms. The van der Waals surface area contributed by atoms with Gasteiger partial charge >= 0.3 is 5.97 Å². The molecule has 0 aliphatic carbocycles. The van der Waals surface area contributed by atoms with Gasteiger partial charge in [0.25, 0.3) is 0 Å². The number of carbonyl (C=O) groups is 1. The Hall–Kier alpha value is -2.90. The summed E-state index contributed by atoms with van der Waals surface area (Å²) in [5.74, 6) is 0.0322. The average molecular weight is 358 g/mol. The normalized spacial score (nSPS) is 12.1. The van der Waals surface area contributed by atoms with Crippen molar-refractivity contribution < 1.29 is 9.53 Å². The molecule has 0 aromatic carbocycles. The molecule has 0 aliphatic rings. The van der Waals surface area contributed by atoms with Crippen molar-refractivity contribution in [2.24, 2.45) is 5.41 Å². The first-order valence-corrected chi connectivity index (χ1v) is 8.51. The molecule has 2 aromatic heterocycles. The maximum absolute atomic E-state index is 11.3. The first-order chi connectivity index (χ1) is 12.3. The molecule has 2 heterocycles. The molecule has 3 N–H and O–H groups in total. The zero-order valence-corrected chi connectivity index (χ0v) is 15.7. The second-order valence-corrected chi connectivity index (χ2v) is 7.03. The van der Waals surface area contributed by atoms with Crippen LogP contribution in [0.25, 0.3) is 11.0 Å². The highest BCUT2D eigenvalue weighted by atomic mass is 16.5. The van der Waals surface area contributed by atoms with Crippen LogP contribution >= 0.6 is 0 Å². The lowest BCUT2D eigenvalue weighted by Crippen LogP contribution is -2.21. The maximum Gasteiger partial charge on any atom is 0.325 e. The van der Waals surface area contributed by atoms with E-state index in [1.807, 2.05) is 12.3 Å². The van der Waals surface area contributed by atoms with Crippen molar-refractivity contribution in [1.82, 2.24) is 19.9 Å². The third kappa shape index (κ3) is 5.58. The minimum atomic E-state index is -0.356. The summed E-state index contributed by atoms with van der Waals surface area (Å²) in [6.07, 6.45) is 6.39. The molecule has 0 saturated heterocycles. The number of hydrogen-bond donors (Lipinski definition) is 3. The van der Waals surface area contributed by atoms with Gasteiger partial charge in [-0.05, 0) is 18.4 Å². The van der Waals surface area contributed by atoms with Crippen LogP contribution in [-0.2, 0) is 16.1 Å². The molecule has 0 aliphatic heterocycles. The molecule has 140 valence electrons. The van der Waals surface area contributed by atoms with Gasteiger partial charge in [-0.3, -0.25) is 4.79 Å². The van der Waals surface area contributed by atoms with Crippen LogP contribution < -0.4 is 10.6 Å². The molecule has 0 unspecified atom stereocenters. The standard InChI is InChI=1S/C18H26N6O2/c1-5-26-15(25)11-20-10-14(8-19)22-17-21-9-13-6-7-24(16(13)23-17)12-18(2,3)4/h6-10,19-20H,5,11-12H2,1-4H3,(H,21,22,23)/b14-10+,19-8?. The monoisotopic (exact) mass is 358 g/mol. The van der Waals surface area contributed by atoms with Gasteiger partial charge in [-0.2, -0.15) is 4.98 Å². The Morgan fingerprint density at radius 3 is 2.85 bits per heavy atom. The van der Waals surface area contributed by atoms with Gasteiger partial charge in [0.15, 0.2) is 0 Å². The van der Waals surface area contributed by atoms with E-state index in [0.29, 0.717) is 18.3 Å². The zero-order valence-electron chi connectivity index (χ0n) is 15.7. The predicted octanol–water partition coefficient (Wildman–Crippen LogP) is 2.53. The number of hydrogen-bond acceptors (Lipinski definition) is 7. The van der Waals surface area contributed by atoms with Crippen LogP contribution in [0.1, 0.15) is 27.7 Å². The molecule has 0 bridgehead atoms. The molecule has 0 spiro atoms. The number of rotatable bonds is 8. The van der Waals surface area contributed by atoms with E-state index in [4.69, 9.17) is 10.1 Å². The molecule has 0 atom stereocenters. The third-order valence-electron chi connectivity index (χ3n) is 3.37. The van der Waals surface area contributed by atoms with Gasteiger partial charge in [0.05, 0.1) is 12.3 Å². The maximum atomic E-state index is 11.3. The van der Waals surface area contributed by atoms with E-state index in [-0.39, 0.29) is 17.9 Å². The van der Waals surface area contributed by atoms with Crippen molar-refractivity contribution in [3.8, 4) is 0 Å². The Balaban J connectivity index is 2.12. The first-order valence-electron chi connectivity index (χ1n) is 8.51. The largest absolute Gasteiger partial charge is 0.465 e. The van der Waals surface area contributed by atoms with Crippen molar-refractivity contribution in [2.75, 3.05) is 18.5 Å². The number of nitrogens with zero attached hydrogens (tertiary/aromatic N) is 3. The summed E-state index contributed by atoms with van der Waals surface area (Å²) in [6.45, 7) is 9.46. The average Bonchev–Trinajstić information content (AvgIpc) is 2.94. The van der Waals surface area contributed by atoms with Gasteiger partial charge in [-0.15, -0.1) is 0 Å². The Morgan fingerprint density at radius 1 is 1.42 bits per heavy atom. The molecule has 8 nitrogen and oxygen atoms in total. The number of allylic oxidation sites excluding steroid dienone is 1. The molecule has 0 saturated carbocycles. The van der Waals surface area contributed by atoms with Gasteiger partial charge < -0.3 is 25.3 Å². The minimum Gasteiger partial charge on any atom is -0.465 e. The Labute approximate surface area is 153 Å². The van der Waals surface area contributed by atoms with Crippen LogP contribution in [0.5, 0.6) is 0 Å². The van der Waals surface area contributed by atoms with Crippen molar-refractivity contribution in [3.05, 3.63) is 30.4 Å². The molecule has 0 amide bonds. The van der Waals surface area contributed by atoms with Crippen molar-refractivity contribution >= 4 is 29.2 Å². The van der Waals surface area contributed by atoms with Crippen LogP contribution in [0.2, 0.25) is 0 Å². The van der Waals surface area contributed by atoms with Gasteiger partial charge in [0, 0.05) is 36.7 Å². The lowest BCUT2D eigenvalue weighted by atomic mass is 9.97. The summed E-state index contributed by atoms with van der Waals surface area (Å²) in [4.78, 5) is 20.2. The second-order valence-electron chi connectivity index (χ2n) is 7.03. The molecular weight excluding hydrogens is 332 g/mol. The summed E-state index contributed by atoms with van der Waals surface area (Å²) in [5, 5.41) is 14.2. The van der Waals surface area contributed by atoms with Gasteiger partial charge in [0.1, 0.15) is 12.2 Å². The van der Waals surface area contributed by atoms with Crippen molar-refractivity contribution in [2.45, 2.75) is 34.2 Å². The van der Waals surface area contributed by atoms with E-state index in [2.05, 4.69) is 45.9 Å².